The number of anilines is 2. The number of H-pyrrole nitrogens is 1. The van der Waals surface area contributed by atoms with Crippen molar-refractivity contribution in [1.82, 2.24) is 24.9 Å². The Morgan fingerprint density at radius 3 is 2.68 bits per heavy atom. The third-order valence-corrected chi connectivity index (χ3v) is 7.04. The van der Waals surface area contributed by atoms with Crippen LogP contribution in [0.5, 0.6) is 11.8 Å². The molecule has 1 saturated carbocycles. The molecular formula is C23H22FN9O. The standard InChI is InChI=1S/C23H22FN9O/c1-11-28-7-12(8-29-11)34-22-31-20-18(21(32-22)33-9-23(10-33)4-3-16(23)26)17-13(6-25)14(24)5-15(27-2)19(17)30-20/h5,7-8,16,27H,3-4,9-10,26H2,1-2H3,(H,30,31,32)/t16-/m1/s1. The predicted octanol–water partition coefficient (Wildman–Crippen LogP) is 2.98. The predicted molar refractivity (Wildman–Crippen MR) is 124 cm³/mol. The van der Waals surface area contributed by atoms with Gasteiger partial charge in [0.15, 0.2) is 5.75 Å². The largest absolute Gasteiger partial charge is 0.421 e. The Hall–Kier alpha value is -4.04. The summed E-state index contributed by atoms with van der Waals surface area (Å²) in [6.45, 7) is 3.25. The van der Waals surface area contributed by atoms with Crippen molar-refractivity contribution in [2.24, 2.45) is 11.1 Å². The van der Waals surface area contributed by atoms with E-state index in [4.69, 9.17) is 15.5 Å². The Morgan fingerprint density at radius 1 is 1.29 bits per heavy atom. The molecule has 0 bridgehead atoms. The number of fused-ring (bicyclic) bond motifs is 3. The van der Waals surface area contributed by atoms with Gasteiger partial charge in [0, 0.05) is 43.0 Å². The van der Waals surface area contributed by atoms with E-state index in [1.165, 1.54) is 6.07 Å². The van der Waals surface area contributed by atoms with Gasteiger partial charge in [0.2, 0.25) is 0 Å². The maximum absolute atomic E-state index is 14.9. The van der Waals surface area contributed by atoms with E-state index in [2.05, 4.69) is 30.2 Å². The van der Waals surface area contributed by atoms with Crippen molar-refractivity contribution < 1.29 is 9.13 Å². The zero-order valence-corrected chi connectivity index (χ0v) is 18.7. The van der Waals surface area contributed by atoms with Crippen LogP contribution in [0.3, 0.4) is 0 Å². The van der Waals surface area contributed by atoms with E-state index in [-0.39, 0.29) is 23.0 Å². The fourth-order valence-electron chi connectivity index (χ4n) is 4.99. The van der Waals surface area contributed by atoms with Gasteiger partial charge in [0.1, 0.15) is 29.2 Å². The molecule has 34 heavy (non-hydrogen) atoms. The number of hydrogen-bond acceptors (Lipinski definition) is 9. The fourth-order valence-corrected chi connectivity index (χ4v) is 4.99. The van der Waals surface area contributed by atoms with Crippen molar-refractivity contribution in [2.45, 2.75) is 25.8 Å². The second-order valence-electron chi connectivity index (χ2n) is 9.00. The van der Waals surface area contributed by atoms with Gasteiger partial charge < -0.3 is 25.7 Å². The lowest BCUT2D eigenvalue weighted by Gasteiger charge is -2.60. The quantitative estimate of drug-likeness (QED) is 0.420. The molecule has 2 aliphatic rings. The summed E-state index contributed by atoms with van der Waals surface area (Å²) in [5.41, 5.74) is 7.85. The van der Waals surface area contributed by atoms with E-state index in [0.717, 1.165) is 25.9 Å². The minimum atomic E-state index is -0.607. The molecule has 10 nitrogen and oxygen atoms in total. The van der Waals surface area contributed by atoms with Gasteiger partial charge in [-0.3, -0.25) is 0 Å². The number of benzene rings is 1. The summed E-state index contributed by atoms with van der Waals surface area (Å²) in [6, 6.07) is 3.57. The summed E-state index contributed by atoms with van der Waals surface area (Å²) in [5.74, 6) is 0.985. The smallest absolute Gasteiger partial charge is 0.326 e. The summed E-state index contributed by atoms with van der Waals surface area (Å²) >= 11 is 0. The molecule has 2 fully saturated rings. The summed E-state index contributed by atoms with van der Waals surface area (Å²) in [7, 11) is 1.70. The zero-order valence-electron chi connectivity index (χ0n) is 18.7. The number of nitriles is 1. The van der Waals surface area contributed by atoms with Crippen LogP contribution in [0.4, 0.5) is 15.9 Å². The average Bonchev–Trinajstić information content (AvgIpc) is 3.17. The molecule has 4 heterocycles. The molecule has 1 aliphatic carbocycles. The second kappa shape index (κ2) is 7.23. The van der Waals surface area contributed by atoms with Crippen LogP contribution in [0.15, 0.2) is 18.5 Å². The number of nitrogens with zero attached hydrogens (tertiary/aromatic N) is 6. The third-order valence-electron chi connectivity index (χ3n) is 7.04. The van der Waals surface area contributed by atoms with E-state index in [1.807, 2.05) is 6.07 Å². The Labute approximate surface area is 194 Å². The van der Waals surface area contributed by atoms with Gasteiger partial charge in [-0.2, -0.15) is 15.2 Å². The lowest BCUT2D eigenvalue weighted by molar-refractivity contribution is 0.0559. The van der Waals surface area contributed by atoms with Crippen molar-refractivity contribution in [3.8, 4) is 17.8 Å². The second-order valence-corrected chi connectivity index (χ2v) is 9.00. The minimum Gasteiger partial charge on any atom is -0.421 e. The van der Waals surface area contributed by atoms with Crippen molar-refractivity contribution in [3.63, 3.8) is 0 Å². The molecule has 0 amide bonds. The van der Waals surface area contributed by atoms with Crippen LogP contribution in [-0.4, -0.2) is 51.1 Å². The minimum absolute atomic E-state index is 0.0544. The molecular weight excluding hydrogens is 437 g/mol. The van der Waals surface area contributed by atoms with E-state index in [1.54, 1.807) is 26.4 Å². The number of aromatic amines is 1. The molecule has 11 heteroatoms. The number of rotatable bonds is 4. The number of aryl methyl sites for hydroxylation is 1. The van der Waals surface area contributed by atoms with Crippen LogP contribution in [-0.2, 0) is 0 Å². The van der Waals surface area contributed by atoms with Crippen LogP contribution >= 0.6 is 0 Å². The molecule has 6 rings (SSSR count). The van der Waals surface area contributed by atoms with Crippen LogP contribution in [0.25, 0.3) is 21.9 Å². The monoisotopic (exact) mass is 459 g/mol. The third kappa shape index (κ3) is 2.88. The van der Waals surface area contributed by atoms with E-state index < -0.39 is 5.82 Å². The highest BCUT2D eigenvalue weighted by Gasteiger charge is 2.54. The molecule has 3 aromatic heterocycles. The van der Waals surface area contributed by atoms with Crippen molar-refractivity contribution >= 4 is 33.4 Å². The number of nitrogens with one attached hydrogen (secondary N) is 2. The van der Waals surface area contributed by atoms with Crippen LogP contribution in [0.2, 0.25) is 0 Å². The van der Waals surface area contributed by atoms with Gasteiger partial charge in [0.05, 0.1) is 34.5 Å². The first-order valence-electron chi connectivity index (χ1n) is 11.0. The fraction of sp³-hybridized carbons (Fsp3) is 0.348. The molecule has 1 aromatic carbocycles. The first kappa shape index (κ1) is 20.6. The SMILES string of the molecule is CNc1cc(F)c(C#N)c2c1[nH]c1nc(Oc3cnc(C)nc3)nc(N3CC4(CC[C@H]4N)C3)c12. The molecule has 1 aliphatic heterocycles. The summed E-state index contributed by atoms with van der Waals surface area (Å²) < 4.78 is 20.7. The van der Waals surface area contributed by atoms with Crippen LogP contribution in [0.1, 0.15) is 24.2 Å². The Kier molecular flexibility index (Phi) is 4.37. The first-order valence-corrected chi connectivity index (χ1v) is 11.0. The molecule has 0 unspecified atom stereocenters. The molecule has 4 aromatic rings. The highest BCUT2D eigenvalue weighted by molar-refractivity contribution is 6.17. The number of aromatic nitrogens is 5. The summed E-state index contributed by atoms with van der Waals surface area (Å²) in [4.78, 5) is 22.9. The van der Waals surface area contributed by atoms with Crippen molar-refractivity contribution in [3.05, 3.63) is 35.7 Å². The normalized spacial score (nSPS) is 18.6. The van der Waals surface area contributed by atoms with Crippen molar-refractivity contribution in [2.75, 3.05) is 30.4 Å². The number of ether oxygens (including phenoxy) is 1. The molecule has 172 valence electrons. The lowest BCUT2D eigenvalue weighted by atomic mass is 9.60. The first-order chi connectivity index (χ1) is 16.4. The van der Waals surface area contributed by atoms with Crippen LogP contribution < -0.4 is 20.7 Å². The maximum Gasteiger partial charge on any atom is 0.326 e. The highest BCUT2D eigenvalue weighted by atomic mass is 19.1. The molecule has 1 spiro atoms. The van der Waals surface area contributed by atoms with Gasteiger partial charge in [-0.15, -0.1) is 0 Å². The van der Waals surface area contributed by atoms with E-state index in [9.17, 15) is 9.65 Å². The summed E-state index contributed by atoms with van der Waals surface area (Å²) in [6.07, 6.45) is 5.18. The Balaban J connectivity index is 1.56. The van der Waals surface area contributed by atoms with Crippen LogP contribution in [0, 0.1) is 29.5 Å². The topological polar surface area (TPSA) is 142 Å². The molecule has 4 N–H and O–H groups in total. The van der Waals surface area contributed by atoms with Gasteiger partial charge >= 0.3 is 6.01 Å². The van der Waals surface area contributed by atoms with E-state index >= 15 is 0 Å². The number of hydrogen-bond donors (Lipinski definition) is 3. The van der Waals surface area contributed by atoms with Gasteiger partial charge in [-0.25, -0.2) is 14.4 Å². The molecule has 1 saturated heterocycles. The number of halogens is 1. The lowest BCUT2D eigenvalue weighted by Crippen LogP contribution is -2.69. The zero-order chi connectivity index (χ0) is 23.6. The Morgan fingerprint density at radius 2 is 2.06 bits per heavy atom. The Bertz CT molecular complexity index is 1490. The molecule has 0 radical (unpaired) electrons. The average molecular weight is 459 g/mol. The molecule has 1 atom stereocenters. The van der Waals surface area contributed by atoms with E-state index in [0.29, 0.717) is 45.0 Å². The maximum atomic E-state index is 14.9. The number of nitrogens with two attached hydrogens (primary N) is 1. The van der Waals surface area contributed by atoms with Gasteiger partial charge in [-0.05, 0) is 19.8 Å². The van der Waals surface area contributed by atoms with Gasteiger partial charge in [0.25, 0.3) is 0 Å². The van der Waals surface area contributed by atoms with Gasteiger partial charge in [-0.1, -0.05) is 0 Å². The van der Waals surface area contributed by atoms with Crippen molar-refractivity contribution in [1.29, 1.82) is 5.26 Å². The summed E-state index contributed by atoms with van der Waals surface area (Å²) in [5, 5.41) is 13.8. The highest BCUT2D eigenvalue weighted by Crippen LogP contribution is 2.50.